The second kappa shape index (κ2) is 2.51. The molecule has 0 unspecified atom stereocenters. The Hall–Kier alpha value is -0.0800. The molecule has 0 aromatic carbocycles. The lowest BCUT2D eigenvalue weighted by Crippen LogP contribution is -2.37. The van der Waals surface area contributed by atoms with Crippen LogP contribution >= 0.6 is 0 Å². The van der Waals surface area contributed by atoms with Gasteiger partial charge in [-0.15, -0.1) is 0 Å². The third kappa shape index (κ3) is 1.70. The molecule has 2 N–H and O–H groups in total. The highest BCUT2D eigenvalue weighted by atomic mass is 16.3. The fraction of sp³-hybridized carbons (Fsp3) is 1.00. The molecule has 0 aromatic heterocycles. The first-order valence-corrected chi connectivity index (χ1v) is 3.92. The van der Waals surface area contributed by atoms with Crippen LogP contribution in [0.1, 0.15) is 33.1 Å². The second-order valence-corrected chi connectivity index (χ2v) is 3.78. The van der Waals surface area contributed by atoms with Gasteiger partial charge in [-0.05, 0) is 32.1 Å². The Bertz CT molecular complexity index is 120. The van der Waals surface area contributed by atoms with Crippen molar-refractivity contribution in [1.29, 1.82) is 0 Å². The largest absolute Gasteiger partial charge is 0.393 e. The average molecular weight is 144 g/mol. The number of aliphatic hydroxyl groups is 2. The molecule has 2 nitrogen and oxygen atoms in total. The molecular formula is C8H16O2. The van der Waals surface area contributed by atoms with Gasteiger partial charge in [-0.25, -0.2) is 0 Å². The van der Waals surface area contributed by atoms with Crippen LogP contribution in [0.25, 0.3) is 0 Å². The van der Waals surface area contributed by atoms with Crippen LogP contribution in [0, 0.1) is 5.92 Å². The van der Waals surface area contributed by atoms with Gasteiger partial charge in [0.1, 0.15) is 0 Å². The third-order valence-electron chi connectivity index (χ3n) is 2.40. The van der Waals surface area contributed by atoms with Crippen LogP contribution in [-0.2, 0) is 0 Å². The van der Waals surface area contributed by atoms with Gasteiger partial charge in [0.05, 0.1) is 11.7 Å². The normalized spacial score (nSPS) is 49.2. The molecule has 1 rings (SSSR count). The fourth-order valence-electron chi connectivity index (χ4n) is 1.68. The van der Waals surface area contributed by atoms with E-state index in [1.807, 2.05) is 13.8 Å². The predicted octanol–water partition coefficient (Wildman–Crippen LogP) is 0.918. The molecule has 60 valence electrons. The first kappa shape index (κ1) is 8.02. The highest BCUT2D eigenvalue weighted by molar-refractivity contribution is 4.84. The molecular weight excluding hydrogens is 128 g/mol. The van der Waals surface area contributed by atoms with Crippen molar-refractivity contribution < 1.29 is 10.2 Å². The van der Waals surface area contributed by atoms with Crippen LogP contribution in [0.4, 0.5) is 0 Å². The summed E-state index contributed by atoms with van der Waals surface area (Å²) >= 11 is 0. The average Bonchev–Trinajstić information content (AvgIpc) is 1.79. The van der Waals surface area contributed by atoms with E-state index in [0.717, 1.165) is 19.3 Å². The SMILES string of the molecule is C[C@H]1C[C@](C)(O)CC[C@@H]1O. The van der Waals surface area contributed by atoms with Crippen molar-refractivity contribution in [3.8, 4) is 0 Å². The smallest absolute Gasteiger partial charge is 0.0624 e. The molecule has 2 heteroatoms. The van der Waals surface area contributed by atoms with Crippen molar-refractivity contribution in [2.45, 2.75) is 44.8 Å². The van der Waals surface area contributed by atoms with E-state index in [9.17, 15) is 10.2 Å². The maximum absolute atomic E-state index is 9.55. The van der Waals surface area contributed by atoms with Crippen molar-refractivity contribution in [3.63, 3.8) is 0 Å². The van der Waals surface area contributed by atoms with Gasteiger partial charge in [0.15, 0.2) is 0 Å². The Morgan fingerprint density at radius 3 is 2.50 bits per heavy atom. The summed E-state index contributed by atoms with van der Waals surface area (Å²) in [5, 5.41) is 18.9. The summed E-state index contributed by atoms with van der Waals surface area (Å²) in [4.78, 5) is 0. The van der Waals surface area contributed by atoms with Gasteiger partial charge in [-0.1, -0.05) is 6.92 Å². The first-order chi connectivity index (χ1) is 4.51. The van der Waals surface area contributed by atoms with E-state index in [2.05, 4.69) is 0 Å². The Balaban J connectivity index is 2.49. The summed E-state index contributed by atoms with van der Waals surface area (Å²) in [7, 11) is 0. The number of hydrogen-bond acceptors (Lipinski definition) is 2. The lowest BCUT2D eigenvalue weighted by Gasteiger charge is -2.35. The molecule has 0 amide bonds. The molecule has 0 heterocycles. The van der Waals surface area contributed by atoms with E-state index in [4.69, 9.17) is 0 Å². The molecule has 0 bridgehead atoms. The van der Waals surface area contributed by atoms with Crippen LogP contribution in [0.15, 0.2) is 0 Å². The second-order valence-electron chi connectivity index (χ2n) is 3.78. The van der Waals surface area contributed by atoms with Crippen molar-refractivity contribution >= 4 is 0 Å². The maximum Gasteiger partial charge on any atom is 0.0624 e. The summed E-state index contributed by atoms with van der Waals surface area (Å²) in [5.41, 5.74) is -0.529. The predicted molar refractivity (Wildman–Crippen MR) is 39.6 cm³/mol. The quantitative estimate of drug-likeness (QED) is 0.530. The minimum absolute atomic E-state index is 0.194. The van der Waals surface area contributed by atoms with Gasteiger partial charge in [-0.3, -0.25) is 0 Å². The van der Waals surface area contributed by atoms with Crippen LogP contribution in [0.3, 0.4) is 0 Å². The van der Waals surface area contributed by atoms with E-state index >= 15 is 0 Å². The zero-order valence-electron chi connectivity index (χ0n) is 6.67. The van der Waals surface area contributed by atoms with Gasteiger partial charge in [0, 0.05) is 0 Å². The number of hydrogen-bond donors (Lipinski definition) is 2. The van der Waals surface area contributed by atoms with Gasteiger partial charge in [-0.2, -0.15) is 0 Å². The van der Waals surface area contributed by atoms with Crippen molar-refractivity contribution in [1.82, 2.24) is 0 Å². The van der Waals surface area contributed by atoms with Crippen molar-refractivity contribution in [2.24, 2.45) is 5.92 Å². The summed E-state index contributed by atoms with van der Waals surface area (Å²) in [6.07, 6.45) is 2.01. The first-order valence-electron chi connectivity index (χ1n) is 3.92. The van der Waals surface area contributed by atoms with Crippen LogP contribution in [0.2, 0.25) is 0 Å². The fourth-order valence-corrected chi connectivity index (χ4v) is 1.68. The van der Waals surface area contributed by atoms with E-state index in [1.54, 1.807) is 0 Å². The Morgan fingerprint density at radius 2 is 2.10 bits per heavy atom. The molecule has 10 heavy (non-hydrogen) atoms. The Morgan fingerprint density at radius 1 is 1.50 bits per heavy atom. The van der Waals surface area contributed by atoms with E-state index in [-0.39, 0.29) is 12.0 Å². The molecule has 0 aliphatic heterocycles. The monoisotopic (exact) mass is 144 g/mol. The standard InChI is InChI=1S/C8H16O2/c1-6-5-8(2,10)4-3-7(6)9/h6-7,9-10H,3-5H2,1-2H3/t6-,7-,8+/m0/s1. The number of rotatable bonds is 0. The van der Waals surface area contributed by atoms with Gasteiger partial charge < -0.3 is 10.2 Å². The van der Waals surface area contributed by atoms with Crippen LogP contribution < -0.4 is 0 Å². The molecule has 0 saturated heterocycles. The highest BCUT2D eigenvalue weighted by Crippen LogP contribution is 2.31. The molecule has 1 aliphatic rings. The summed E-state index contributed by atoms with van der Waals surface area (Å²) < 4.78 is 0. The minimum atomic E-state index is -0.529. The molecule has 1 fully saturated rings. The Kier molecular flexibility index (Phi) is 2.02. The third-order valence-corrected chi connectivity index (χ3v) is 2.40. The summed E-state index contributed by atoms with van der Waals surface area (Å²) in [5.74, 6) is 0.253. The molecule has 0 aromatic rings. The highest BCUT2D eigenvalue weighted by Gasteiger charge is 2.32. The van der Waals surface area contributed by atoms with Crippen molar-refractivity contribution in [2.75, 3.05) is 0 Å². The van der Waals surface area contributed by atoms with Crippen LogP contribution in [0.5, 0.6) is 0 Å². The molecule has 0 spiro atoms. The lowest BCUT2D eigenvalue weighted by atomic mass is 9.78. The number of aliphatic hydroxyl groups excluding tert-OH is 1. The van der Waals surface area contributed by atoms with E-state index in [1.165, 1.54) is 0 Å². The molecule has 1 saturated carbocycles. The van der Waals surface area contributed by atoms with E-state index < -0.39 is 5.60 Å². The van der Waals surface area contributed by atoms with Gasteiger partial charge >= 0.3 is 0 Å². The van der Waals surface area contributed by atoms with E-state index in [0.29, 0.717) is 0 Å². The minimum Gasteiger partial charge on any atom is -0.393 e. The van der Waals surface area contributed by atoms with Crippen LogP contribution in [-0.4, -0.2) is 21.9 Å². The molecule has 3 atom stereocenters. The molecule has 1 aliphatic carbocycles. The van der Waals surface area contributed by atoms with Gasteiger partial charge in [0.25, 0.3) is 0 Å². The lowest BCUT2D eigenvalue weighted by molar-refractivity contribution is -0.0468. The van der Waals surface area contributed by atoms with Gasteiger partial charge in [0.2, 0.25) is 0 Å². The Labute approximate surface area is 61.9 Å². The molecule has 0 radical (unpaired) electrons. The zero-order chi connectivity index (χ0) is 7.78. The summed E-state index contributed by atoms with van der Waals surface area (Å²) in [6.45, 7) is 3.83. The summed E-state index contributed by atoms with van der Waals surface area (Å²) in [6, 6.07) is 0. The van der Waals surface area contributed by atoms with Crippen molar-refractivity contribution in [3.05, 3.63) is 0 Å². The maximum atomic E-state index is 9.55. The zero-order valence-corrected chi connectivity index (χ0v) is 6.67. The topological polar surface area (TPSA) is 40.5 Å².